The molecule has 0 atom stereocenters. The van der Waals surface area contributed by atoms with E-state index in [2.05, 4.69) is 4.74 Å². The minimum Gasteiger partial charge on any atom is -0.435 e. The molecule has 2 aromatic rings. The average Bonchev–Trinajstić information content (AvgIpc) is 3.08. The lowest BCUT2D eigenvalue weighted by Gasteiger charge is -2.33. The van der Waals surface area contributed by atoms with Crippen LogP contribution in [0, 0.1) is 6.92 Å². The summed E-state index contributed by atoms with van der Waals surface area (Å²) in [4.78, 5) is 15.0. The number of piperazine rings is 1. The summed E-state index contributed by atoms with van der Waals surface area (Å²) >= 11 is 1.21. The van der Waals surface area contributed by atoms with Crippen LogP contribution in [0.2, 0.25) is 0 Å². The minimum atomic E-state index is -3.56. The molecule has 1 aromatic heterocycles. The van der Waals surface area contributed by atoms with Gasteiger partial charge in [0.25, 0.3) is 15.9 Å². The first-order valence-corrected chi connectivity index (χ1v) is 10.4. The van der Waals surface area contributed by atoms with Crippen LogP contribution in [0.15, 0.2) is 40.6 Å². The first kappa shape index (κ1) is 19.7. The van der Waals surface area contributed by atoms with E-state index in [1.807, 2.05) is 6.92 Å². The van der Waals surface area contributed by atoms with Crippen molar-refractivity contribution in [3.8, 4) is 5.75 Å². The van der Waals surface area contributed by atoms with Crippen molar-refractivity contribution in [3.63, 3.8) is 0 Å². The number of hydrogen-bond donors (Lipinski definition) is 0. The van der Waals surface area contributed by atoms with E-state index >= 15 is 0 Å². The molecule has 0 bridgehead atoms. The second kappa shape index (κ2) is 7.91. The minimum absolute atomic E-state index is 0.0925. The molecule has 0 unspecified atom stereocenters. The Kier molecular flexibility index (Phi) is 5.78. The Balaban J connectivity index is 1.66. The van der Waals surface area contributed by atoms with Crippen LogP contribution in [0.1, 0.15) is 15.2 Å². The molecule has 2 heterocycles. The van der Waals surface area contributed by atoms with Crippen molar-refractivity contribution < 1.29 is 26.7 Å². The maximum absolute atomic E-state index is 12.6. The van der Waals surface area contributed by atoms with Crippen molar-refractivity contribution in [2.45, 2.75) is 17.7 Å². The molecule has 1 aliphatic rings. The number of amides is 1. The maximum atomic E-state index is 12.6. The standard InChI is InChI=1S/C17H18F2N2O4S2/c1-12-5-6-15(26-12)27(23,24)21-9-7-20(8-10-21)16(22)13-3-2-4-14(11-13)25-17(18)19/h2-6,11,17H,7-10H2,1H3. The molecule has 146 valence electrons. The number of carbonyl (C=O) groups excluding carboxylic acids is 1. The summed E-state index contributed by atoms with van der Waals surface area (Å²) in [5.41, 5.74) is 0.221. The number of nitrogens with zero attached hydrogens (tertiary/aromatic N) is 2. The van der Waals surface area contributed by atoms with Crippen molar-refractivity contribution in [1.82, 2.24) is 9.21 Å². The molecule has 0 aliphatic carbocycles. The number of alkyl halides is 2. The molecule has 3 rings (SSSR count). The van der Waals surface area contributed by atoms with Gasteiger partial charge in [-0.2, -0.15) is 13.1 Å². The van der Waals surface area contributed by atoms with Crippen LogP contribution in [0.25, 0.3) is 0 Å². The molecule has 1 saturated heterocycles. The number of halogens is 2. The van der Waals surface area contributed by atoms with E-state index in [4.69, 9.17) is 0 Å². The first-order valence-electron chi connectivity index (χ1n) is 8.18. The molecule has 0 saturated carbocycles. The van der Waals surface area contributed by atoms with Gasteiger partial charge in [0.15, 0.2) is 0 Å². The van der Waals surface area contributed by atoms with Crippen molar-refractivity contribution in [2.75, 3.05) is 26.2 Å². The van der Waals surface area contributed by atoms with E-state index in [0.717, 1.165) is 4.88 Å². The third-order valence-electron chi connectivity index (χ3n) is 4.14. The Morgan fingerprint density at radius 1 is 1.15 bits per heavy atom. The van der Waals surface area contributed by atoms with Crippen LogP contribution >= 0.6 is 11.3 Å². The molecule has 27 heavy (non-hydrogen) atoms. The summed E-state index contributed by atoms with van der Waals surface area (Å²) in [6.45, 7) is -0.321. The highest BCUT2D eigenvalue weighted by atomic mass is 32.2. The number of thiophene rings is 1. The van der Waals surface area contributed by atoms with Crippen LogP contribution < -0.4 is 4.74 Å². The molecule has 1 aromatic carbocycles. The number of carbonyl (C=O) groups is 1. The van der Waals surface area contributed by atoms with E-state index in [1.165, 1.54) is 44.8 Å². The third-order valence-corrected chi connectivity index (χ3v) is 7.51. The molecule has 6 nitrogen and oxygen atoms in total. The smallest absolute Gasteiger partial charge is 0.387 e. The topological polar surface area (TPSA) is 66.9 Å². The lowest BCUT2D eigenvalue weighted by molar-refractivity contribution is -0.0499. The molecular weight excluding hydrogens is 398 g/mol. The van der Waals surface area contributed by atoms with Gasteiger partial charge in [-0.15, -0.1) is 11.3 Å². The van der Waals surface area contributed by atoms with Crippen LogP contribution in [-0.2, 0) is 10.0 Å². The monoisotopic (exact) mass is 416 g/mol. The third kappa shape index (κ3) is 4.45. The molecule has 1 aliphatic heterocycles. The molecule has 0 radical (unpaired) electrons. The molecule has 0 spiro atoms. The summed E-state index contributed by atoms with van der Waals surface area (Å²) in [6, 6.07) is 8.92. The van der Waals surface area contributed by atoms with Gasteiger partial charge in [-0.3, -0.25) is 4.79 Å². The highest BCUT2D eigenvalue weighted by Gasteiger charge is 2.31. The zero-order valence-corrected chi connectivity index (χ0v) is 16.1. The average molecular weight is 416 g/mol. The van der Waals surface area contributed by atoms with Gasteiger partial charge in [0.1, 0.15) is 9.96 Å². The summed E-state index contributed by atoms with van der Waals surface area (Å²) in [7, 11) is -3.56. The van der Waals surface area contributed by atoms with Gasteiger partial charge >= 0.3 is 6.61 Å². The number of rotatable bonds is 5. The quantitative estimate of drug-likeness (QED) is 0.752. The van der Waals surface area contributed by atoms with Crippen molar-refractivity contribution in [3.05, 3.63) is 46.8 Å². The van der Waals surface area contributed by atoms with Gasteiger partial charge < -0.3 is 9.64 Å². The fourth-order valence-electron chi connectivity index (χ4n) is 2.80. The van der Waals surface area contributed by atoms with Crippen molar-refractivity contribution in [2.24, 2.45) is 0 Å². The Hall–Kier alpha value is -2.04. The summed E-state index contributed by atoms with van der Waals surface area (Å²) in [6.07, 6.45) is 0. The Bertz CT molecular complexity index is 923. The van der Waals surface area contributed by atoms with E-state index in [-0.39, 0.29) is 47.6 Å². The Morgan fingerprint density at radius 2 is 1.85 bits per heavy atom. The van der Waals surface area contributed by atoms with E-state index in [0.29, 0.717) is 0 Å². The number of benzene rings is 1. The van der Waals surface area contributed by atoms with Crippen molar-refractivity contribution in [1.29, 1.82) is 0 Å². The first-order chi connectivity index (χ1) is 12.8. The predicted octanol–water partition coefficient (Wildman–Crippen LogP) is 2.80. The van der Waals surface area contributed by atoms with Gasteiger partial charge in [0, 0.05) is 36.6 Å². The summed E-state index contributed by atoms with van der Waals surface area (Å²) < 4.78 is 55.9. The molecule has 1 fully saturated rings. The zero-order chi connectivity index (χ0) is 19.6. The molecule has 10 heteroatoms. The van der Waals surface area contributed by atoms with Gasteiger partial charge in [-0.1, -0.05) is 6.07 Å². The summed E-state index contributed by atoms with van der Waals surface area (Å²) in [5, 5.41) is 0. The fourth-order valence-corrected chi connectivity index (χ4v) is 5.66. The van der Waals surface area contributed by atoms with Gasteiger partial charge in [0.05, 0.1) is 0 Å². The number of sulfonamides is 1. The largest absolute Gasteiger partial charge is 0.435 e. The van der Waals surface area contributed by atoms with Crippen LogP contribution in [0.5, 0.6) is 5.75 Å². The van der Waals surface area contributed by atoms with Gasteiger partial charge in [-0.05, 0) is 37.3 Å². The Labute approximate surface area is 160 Å². The highest BCUT2D eigenvalue weighted by molar-refractivity contribution is 7.91. The highest BCUT2D eigenvalue weighted by Crippen LogP contribution is 2.25. The van der Waals surface area contributed by atoms with Crippen LogP contribution in [0.3, 0.4) is 0 Å². The van der Waals surface area contributed by atoms with Crippen LogP contribution in [0.4, 0.5) is 8.78 Å². The van der Waals surface area contributed by atoms with Crippen LogP contribution in [-0.4, -0.2) is 56.3 Å². The lowest BCUT2D eigenvalue weighted by atomic mass is 10.1. The van der Waals surface area contributed by atoms with E-state index in [9.17, 15) is 22.0 Å². The van der Waals surface area contributed by atoms with Gasteiger partial charge in [-0.25, -0.2) is 8.42 Å². The zero-order valence-electron chi connectivity index (χ0n) is 14.5. The van der Waals surface area contributed by atoms with E-state index in [1.54, 1.807) is 12.1 Å². The number of hydrogen-bond acceptors (Lipinski definition) is 5. The molecule has 0 N–H and O–H groups in total. The van der Waals surface area contributed by atoms with Gasteiger partial charge in [0.2, 0.25) is 0 Å². The van der Waals surface area contributed by atoms with Crippen molar-refractivity contribution >= 4 is 27.3 Å². The number of aryl methyl sites for hydroxylation is 1. The SMILES string of the molecule is Cc1ccc(S(=O)(=O)N2CCN(C(=O)c3cccc(OC(F)F)c3)CC2)s1. The normalized spacial score (nSPS) is 15.9. The maximum Gasteiger partial charge on any atom is 0.387 e. The fraction of sp³-hybridized carbons (Fsp3) is 0.353. The predicted molar refractivity (Wildman–Crippen MR) is 96.8 cm³/mol. The lowest BCUT2D eigenvalue weighted by Crippen LogP contribution is -2.50. The Morgan fingerprint density at radius 3 is 2.44 bits per heavy atom. The second-order valence-corrected chi connectivity index (χ2v) is 9.42. The summed E-state index contributed by atoms with van der Waals surface area (Å²) in [5.74, 6) is -0.441. The second-order valence-electron chi connectivity index (χ2n) is 5.97. The number of ether oxygens (including phenoxy) is 1. The van der Waals surface area contributed by atoms with E-state index < -0.39 is 16.6 Å². The molecular formula is C17H18F2N2O4S2. The molecule has 1 amide bonds.